The standard InChI is InChI=1S/C14H22N2O3S2/c1-19-12-6-8-16(9-7-12)21(17,18)11-10-20-14-5-3-2-4-13(14)15/h2-5,12H,6-11,15H2,1H3. The third-order valence-electron chi connectivity index (χ3n) is 3.65. The van der Waals surface area contributed by atoms with Gasteiger partial charge in [-0.1, -0.05) is 12.1 Å². The van der Waals surface area contributed by atoms with Crippen molar-refractivity contribution in [3.63, 3.8) is 0 Å². The molecular formula is C14H22N2O3S2. The Balaban J connectivity index is 1.83. The van der Waals surface area contributed by atoms with Crippen molar-refractivity contribution in [3.05, 3.63) is 24.3 Å². The number of anilines is 1. The first-order valence-electron chi connectivity index (χ1n) is 7.01. The molecule has 21 heavy (non-hydrogen) atoms. The summed E-state index contributed by atoms with van der Waals surface area (Å²) < 4.78 is 31.4. The normalized spacial score (nSPS) is 18.0. The van der Waals surface area contributed by atoms with E-state index in [1.807, 2.05) is 24.3 Å². The number of nitrogens with zero attached hydrogens (tertiary/aromatic N) is 1. The van der Waals surface area contributed by atoms with Crippen LogP contribution in [0.15, 0.2) is 29.2 Å². The molecule has 1 aliphatic heterocycles. The Kier molecular flexibility index (Phi) is 5.92. The van der Waals surface area contributed by atoms with E-state index in [4.69, 9.17) is 10.5 Å². The first-order valence-corrected chi connectivity index (χ1v) is 9.60. The molecule has 0 unspecified atom stereocenters. The fourth-order valence-corrected chi connectivity index (χ4v) is 5.17. The summed E-state index contributed by atoms with van der Waals surface area (Å²) in [6.07, 6.45) is 1.73. The van der Waals surface area contributed by atoms with Crippen LogP contribution >= 0.6 is 11.8 Å². The third-order valence-corrected chi connectivity index (χ3v) is 6.87. The molecule has 0 saturated carbocycles. The van der Waals surface area contributed by atoms with Gasteiger partial charge in [-0.15, -0.1) is 11.8 Å². The topological polar surface area (TPSA) is 72.6 Å². The molecule has 5 nitrogen and oxygen atoms in total. The van der Waals surface area contributed by atoms with Crippen LogP contribution in [0.1, 0.15) is 12.8 Å². The molecule has 1 heterocycles. The van der Waals surface area contributed by atoms with Gasteiger partial charge in [-0.3, -0.25) is 0 Å². The Hall–Kier alpha value is -0.760. The number of rotatable bonds is 6. The first-order chi connectivity index (χ1) is 10.0. The lowest BCUT2D eigenvalue weighted by Gasteiger charge is -2.30. The van der Waals surface area contributed by atoms with Gasteiger partial charge in [0.2, 0.25) is 10.0 Å². The van der Waals surface area contributed by atoms with Crippen LogP contribution < -0.4 is 5.73 Å². The number of hydrogen-bond acceptors (Lipinski definition) is 5. The number of piperidine rings is 1. The van der Waals surface area contributed by atoms with Crippen LogP contribution in [0.2, 0.25) is 0 Å². The number of sulfonamides is 1. The van der Waals surface area contributed by atoms with Gasteiger partial charge in [0, 0.05) is 36.5 Å². The Morgan fingerprint density at radius 1 is 1.33 bits per heavy atom. The largest absolute Gasteiger partial charge is 0.398 e. The Bertz CT molecular complexity index is 555. The lowest BCUT2D eigenvalue weighted by Crippen LogP contribution is -2.42. The summed E-state index contributed by atoms with van der Waals surface area (Å²) in [5, 5.41) is 0. The molecule has 1 saturated heterocycles. The molecule has 0 radical (unpaired) electrons. The van der Waals surface area contributed by atoms with E-state index >= 15 is 0 Å². The Labute approximate surface area is 130 Å². The molecule has 0 atom stereocenters. The molecule has 1 aromatic carbocycles. The van der Waals surface area contributed by atoms with Crippen LogP contribution in [0.25, 0.3) is 0 Å². The summed E-state index contributed by atoms with van der Waals surface area (Å²) in [7, 11) is -1.51. The summed E-state index contributed by atoms with van der Waals surface area (Å²) in [6, 6.07) is 7.52. The highest BCUT2D eigenvalue weighted by atomic mass is 32.2. The highest BCUT2D eigenvalue weighted by Crippen LogP contribution is 2.25. The number of hydrogen-bond donors (Lipinski definition) is 1. The highest BCUT2D eigenvalue weighted by molar-refractivity contribution is 8.00. The molecule has 1 aliphatic rings. The van der Waals surface area contributed by atoms with Crippen molar-refractivity contribution in [2.24, 2.45) is 0 Å². The van der Waals surface area contributed by atoms with Gasteiger partial charge < -0.3 is 10.5 Å². The minimum absolute atomic E-state index is 0.143. The van der Waals surface area contributed by atoms with Gasteiger partial charge in [-0.2, -0.15) is 0 Å². The molecule has 0 aromatic heterocycles. The number of benzene rings is 1. The summed E-state index contributed by atoms with van der Waals surface area (Å²) in [5.41, 5.74) is 6.54. The van der Waals surface area contributed by atoms with Gasteiger partial charge in [0.25, 0.3) is 0 Å². The fraction of sp³-hybridized carbons (Fsp3) is 0.571. The van der Waals surface area contributed by atoms with Gasteiger partial charge in [0.15, 0.2) is 0 Å². The minimum atomic E-state index is -3.18. The molecule has 1 fully saturated rings. The van der Waals surface area contributed by atoms with Crippen molar-refractivity contribution in [1.29, 1.82) is 0 Å². The van der Waals surface area contributed by atoms with Crippen LogP contribution in [-0.4, -0.2) is 50.5 Å². The quantitative estimate of drug-likeness (QED) is 0.636. The number of nitrogens with two attached hydrogens (primary N) is 1. The lowest BCUT2D eigenvalue weighted by molar-refractivity contribution is 0.0605. The van der Waals surface area contributed by atoms with Crippen LogP contribution in [0.3, 0.4) is 0 Å². The molecular weight excluding hydrogens is 308 g/mol. The summed E-state index contributed by atoms with van der Waals surface area (Å²) in [6.45, 7) is 1.11. The molecule has 0 aliphatic carbocycles. The van der Waals surface area contributed by atoms with E-state index in [1.54, 1.807) is 11.4 Å². The van der Waals surface area contributed by atoms with Crippen molar-refractivity contribution < 1.29 is 13.2 Å². The number of para-hydroxylation sites is 1. The van der Waals surface area contributed by atoms with Crippen molar-refractivity contribution >= 4 is 27.5 Å². The summed E-state index contributed by atoms with van der Waals surface area (Å²) in [4.78, 5) is 0.936. The van der Waals surface area contributed by atoms with E-state index in [0.29, 0.717) is 24.5 Å². The molecule has 2 N–H and O–H groups in total. The van der Waals surface area contributed by atoms with Gasteiger partial charge in [-0.25, -0.2) is 12.7 Å². The third kappa shape index (κ3) is 4.60. The molecule has 1 aromatic rings. The van der Waals surface area contributed by atoms with E-state index in [2.05, 4.69) is 0 Å². The van der Waals surface area contributed by atoms with Crippen LogP contribution in [0.5, 0.6) is 0 Å². The van der Waals surface area contributed by atoms with Crippen molar-refractivity contribution in [2.75, 3.05) is 37.4 Å². The second-order valence-electron chi connectivity index (χ2n) is 5.04. The van der Waals surface area contributed by atoms with Gasteiger partial charge in [0.05, 0.1) is 11.9 Å². The van der Waals surface area contributed by atoms with Crippen LogP contribution in [0.4, 0.5) is 5.69 Å². The predicted octanol–water partition coefficient (Wildman–Crippen LogP) is 1.80. The molecule has 118 valence electrons. The maximum Gasteiger partial charge on any atom is 0.214 e. The molecule has 0 amide bonds. The molecule has 0 spiro atoms. The van der Waals surface area contributed by atoms with Crippen molar-refractivity contribution in [2.45, 2.75) is 23.8 Å². The van der Waals surface area contributed by atoms with E-state index in [0.717, 1.165) is 17.7 Å². The fourth-order valence-electron chi connectivity index (χ4n) is 2.34. The summed E-state index contributed by atoms with van der Waals surface area (Å²) >= 11 is 1.49. The first kappa shape index (κ1) is 16.6. The average molecular weight is 330 g/mol. The van der Waals surface area contributed by atoms with E-state index < -0.39 is 10.0 Å². The van der Waals surface area contributed by atoms with Crippen molar-refractivity contribution in [1.82, 2.24) is 4.31 Å². The second-order valence-corrected chi connectivity index (χ2v) is 8.26. The molecule has 2 rings (SSSR count). The minimum Gasteiger partial charge on any atom is -0.398 e. The smallest absolute Gasteiger partial charge is 0.214 e. The zero-order valence-electron chi connectivity index (χ0n) is 12.2. The zero-order chi connectivity index (χ0) is 15.3. The Morgan fingerprint density at radius 2 is 2.00 bits per heavy atom. The number of ether oxygens (including phenoxy) is 1. The maximum atomic E-state index is 12.3. The summed E-state index contributed by atoms with van der Waals surface area (Å²) in [5.74, 6) is 0.657. The number of nitrogen functional groups attached to an aromatic ring is 1. The molecule has 7 heteroatoms. The highest BCUT2D eigenvalue weighted by Gasteiger charge is 2.27. The van der Waals surface area contributed by atoms with Gasteiger partial charge in [0.1, 0.15) is 0 Å². The lowest BCUT2D eigenvalue weighted by atomic mass is 10.1. The van der Waals surface area contributed by atoms with E-state index in [1.165, 1.54) is 11.8 Å². The Morgan fingerprint density at radius 3 is 2.62 bits per heavy atom. The number of thioether (sulfide) groups is 1. The van der Waals surface area contributed by atoms with Crippen molar-refractivity contribution in [3.8, 4) is 0 Å². The second kappa shape index (κ2) is 7.49. The van der Waals surface area contributed by atoms with Crippen LogP contribution in [0, 0.1) is 0 Å². The molecule has 0 bridgehead atoms. The monoisotopic (exact) mass is 330 g/mol. The zero-order valence-corrected chi connectivity index (χ0v) is 13.8. The predicted molar refractivity (Wildman–Crippen MR) is 87.0 cm³/mol. The van der Waals surface area contributed by atoms with Gasteiger partial charge >= 0.3 is 0 Å². The average Bonchev–Trinajstić information content (AvgIpc) is 2.49. The van der Waals surface area contributed by atoms with E-state index in [9.17, 15) is 8.42 Å². The SMILES string of the molecule is COC1CCN(S(=O)(=O)CCSc2ccccc2N)CC1. The number of methoxy groups -OCH3 is 1. The van der Waals surface area contributed by atoms with Crippen LogP contribution in [-0.2, 0) is 14.8 Å². The van der Waals surface area contributed by atoms with Gasteiger partial charge in [-0.05, 0) is 25.0 Å². The van der Waals surface area contributed by atoms with E-state index in [-0.39, 0.29) is 11.9 Å². The maximum absolute atomic E-state index is 12.3.